The number of alkyl halides is 3. The lowest BCUT2D eigenvalue weighted by Crippen LogP contribution is -2.18. The maximum Gasteiger partial charge on any atom is 0.449 e. The Bertz CT molecular complexity index is 905. The summed E-state index contributed by atoms with van der Waals surface area (Å²) < 4.78 is 46.5. The van der Waals surface area contributed by atoms with Crippen LogP contribution < -0.4 is 4.74 Å². The SMILES string of the molecule is Cc1ccc(OCCn2c(C(F)(F)F)nc3cc(Cl)c(Cl)cc32)cc1. The van der Waals surface area contributed by atoms with Crippen molar-refractivity contribution in [3.63, 3.8) is 0 Å². The number of benzene rings is 2. The number of nitrogens with zero attached hydrogens (tertiary/aromatic N) is 2. The second-order valence-electron chi connectivity index (χ2n) is 5.50. The van der Waals surface area contributed by atoms with E-state index < -0.39 is 12.0 Å². The molecular weight excluding hydrogens is 376 g/mol. The van der Waals surface area contributed by atoms with Crippen molar-refractivity contribution >= 4 is 34.2 Å². The molecule has 0 spiro atoms. The van der Waals surface area contributed by atoms with Crippen LogP contribution in [0, 0.1) is 6.92 Å². The highest BCUT2D eigenvalue weighted by Gasteiger charge is 2.37. The zero-order chi connectivity index (χ0) is 18.2. The molecule has 132 valence electrons. The van der Waals surface area contributed by atoms with Crippen molar-refractivity contribution in [1.29, 1.82) is 0 Å². The number of aryl methyl sites for hydroxylation is 1. The third kappa shape index (κ3) is 3.85. The Morgan fingerprint density at radius 3 is 2.36 bits per heavy atom. The van der Waals surface area contributed by atoms with Gasteiger partial charge in [-0.25, -0.2) is 4.98 Å². The predicted molar refractivity (Wildman–Crippen MR) is 91.4 cm³/mol. The maximum atomic E-state index is 13.3. The van der Waals surface area contributed by atoms with E-state index in [1.807, 2.05) is 19.1 Å². The Hall–Kier alpha value is -1.92. The minimum absolute atomic E-state index is 0.0306. The van der Waals surface area contributed by atoms with Crippen LogP contribution >= 0.6 is 23.2 Å². The van der Waals surface area contributed by atoms with E-state index in [4.69, 9.17) is 27.9 Å². The van der Waals surface area contributed by atoms with Crippen molar-refractivity contribution in [2.45, 2.75) is 19.6 Å². The number of halogens is 5. The van der Waals surface area contributed by atoms with Gasteiger partial charge in [0, 0.05) is 0 Å². The molecule has 0 saturated heterocycles. The monoisotopic (exact) mass is 388 g/mol. The normalized spacial score (nSPS) is 11.9. The number of ether oxygens (including phenoxy) is 1. The van der Waals surface area contributed by atoms with Gasteiger partial charge in [0.25, 0.3) is 0 Å². The van der Waals surface area contributed by atoms with Crippen molar-refractivity contribution in [2.24, 2.45) is 0 Å². The summed E-state index contributed by atoms with van der Waals surface area (Å²) in [6.07, 6.45) is -4.60. The molecule has 0 aliphatic heterocycles. The molecule has 8 heteroatoms. The van der Waals surface area contributed by atoms with Crippen LogP contribution in [0.5, 0.6) is 5.75 Å². The van der Waals surface area contributed by atoms with Crippen molar-refractivity contribution < 1.29 is 17.9 Å². The van der Waals surface area contributed by atoms with Crippen LogP contribution in [0.25, 0.3) is 11.0 Å². The summed E-state index contributed by atoms with van der Waals surface area (Å²) in [7, 11) is 0. The van der Waals surface area contributed by atoms with Gasteiger partial charge in [-0.1, -0.05) is 40.9 Å². The molecule has 3 rings (SSSR count). The van der Waals surface area contributed by atoms with Gasteiger partial charge in [0.15, 0.2) is 0 Å². The zero-order valence-corrected chi connectivity index (χ0v) is 14.6. The lowest BCUT2D eigenvalue weighted by atomic mass is 10.2. The zero-order valence-electron chi connectivity index (χ0n) is 13.1. The average Bonchev–Trinajstić information content (AvgIpc) is 2.88. The topological polar surface area (TPSA) is 27.1 Å². The first-order valence-corrected chi connectivity index (χ1v) is 8.13. The third-order valence-electron chi connectivity index (χ3n) is 3.65. The van der Waals surface area contributed by atoms with Crippen LogP contribution in [-0.2, 0) is 12.7 Å². The van der Waals surface area contributed by atoms with E-state index in [1.165, 1.54) is 12.1 Å². The predicted octanol–water partition coefficient (Wildman–Crippen LogP) is 5.75. The molecule has 3 aromatic rings. The van der Waals surface area contributed by atoms with Crippen LogP contribution in [-0.4, -0.2) is 16.2 Å². The smallest absolute Gasteiger partial charge is 0.449 e. The number of hydrogen-bond acceptors (Lipinski definition) is 2. The largest absolute Gasteiger partial charge is 0.492 e. The molecule has 2 aromatic carbocycles. The van der Waals surface area contributed by atoms with Gasteiger partial charge in [-0.05, 0) is 31.2 Å². The lowest BCUT2D eigenvalue weighted by Gasteiger charge is -2.12. The second-order valence-corrected chi connectivity index (χ2v) is 6.32. The molecule has 1 heterocycles. The quantitative estimate of drug-likeness (QED) is 0.568. The Morgan fingerprint density at radius 2 is 1.72 bits per heavy atom. The molecule has 0 fully saturated rings. The molecule has 0 aliphatic rings. The number of imidazole rings is 1. The molecule has 25 heavy (non-hydrogen) atoms. The summed E-state index contributed by atoms with van der Waals surface area (Å²) in [4.78, 5) is 3.66. The lowest BCUT2D eigenvalue weighted by molar-refractivity contribution is -0.147. The minimum Gasteiger partial charge on any atom is -0.492 e. The molecule has 3 nitrogen and oxygen atoms in total. The number of fused-ring (bicyclic) bond motifs is 1. The van der Waals surface area contributed by atoms with Crippen molar-refractivity contribution in [3.8, 4) is 5.75 Å². The first-order chi connectivity index (χ1) is 11.8. The molecule has 1 aromatic heterocycles. The molecule has 0 aliphatic carbocycles. The summed E-state index contributed by atoms with van der Waals surface area (Å²) >= 11 is 11.8. The summed E-state index contributed by atoms with van der Waals surface area (Å²) in [6, 6.07) is 9.97. The van der Waals surface area contributed by atoms with E-state index in [0.29, 0.717) is 5.75 Å². The van der Waals surface area contributed by atoms with Gasteiger partial charge in [0.05, 0.1) is 27.6 Å². The number of hydrogen-bond donors (Lipinski definition) is 0. The Morgan fingerprint density at radius 1 is 1.08 bits per heavy atom. The number of rotatable bonds is 4. The van der Waals surface area contributed by atoms with Gasteiger partial charge < -0.3 is 9.30 Å². The third-order valence-corrected chi connectivity index (χ3v) is 4.37. The Balaban J connectivity index is 1.90. The fraction of sp³-hybridized carbons (Fsp3) is 0.235. The summed E-state index contributed by atoms with van der Waals surface area (Å²) in [5, 5.41) is 0.326. The highest BCUT2D eigenvalue weighted by atomic mass is 35.5. The molecule has 0 atom stereocenters. The molecular formula is C17H13Cl2F3N2O. The highest BCUT2D eigenvalue weighted by Crippen LogP contribution is 2.34. The summed E-state index contributed by atoms with van der Waals surface area (Å²) in [6.45, 7) is 1.96. The van der Waals surface area contributed by atoms with Crippen molar-refractivity contribution in [3.05, 3.63) is 57.8 Å². The van der Waals surface area contributed by atoms with E-state index in [0.717, 1.165) is 10.1 Å². The average molecular weight is 389 g/mol. The van der Waals surface area contributed by atoms with E-state index in [-0.39, 0.29) is 34.2 Å². The molecule has 0 radical (unpaired) electrons. The van der Waals surface area contributed by atoms with Crippen LogP contribution in [0.1, 0.15) is 11.4 Å². The van der Waals surface area contributed by atoms with Crippen LogP contribution in [0.3, 0.4) is 0 Å². The molecule has 0 amide bonds. The van der Waals surface area contributed by atoms with E-state index in [9.17, 15) is 13.2 Å². The van der Waals surface area contributed by atoms with Gasteiger partial charge >= 0.3 is 6.18 Å². The fourth-order valence-electron chi connectivity index (χ4n) is 2.45. The first kappa shape index (κ1) is 17.9. The standard InChI is InChI=1S/C17H13Cl2F3N2O/c1-10-2-4-11(5-3-10)25-7-6-24-15-9-13(19)12(18)8-14(15)23-16(24)17(20,21)22/h2-5,8-9H,6-7H2,1H3. The van der Waals surface area contributed by atoms with E-state index in [2.05, 4.69) is 4.98 Å². The van der Waals surface area contributed by atoms with Crippen LogP contribution in [0.2, 0.25) is 10.0 Å². The van der Waals surface area contributed by atoms with Gasteiger partial charge in [-0.3, -0.25) is 0 Å². The molecule has 0 saturated carbocycles. The van der Waals surface area contributed by atoms with Gasteiger partial charge in [0.2, 0.25) is 5.82 Å². The van der Waals surface area contributed by atoms with E-state index in [1.54, 1.807) is 12.1 Å². The second kappa shape index (κ2) is 6.77. The Kier molecular flexibility index (Phi) is 4.84. The minimum atomic E-state index is -4.60. The fourth-order valence-corrected chi connectivity index (χ4v) is 2.77. The maximum absolute atomic E-state index is 13.3. The van der Waals surface area contributed by atoms with Gasteiger partial charge in [-0.2, -0.15) is 13.2 Å². The molecule has 0 N–H and O–H groups in total. The number of aromatic nitrogens is 2. The van der Waals surface area contributed by atoms with Gasteiger partial charge in [0.1, 0.15) is 12.4 Å². The van der Waals surface area contributed by atoms with E-state index >= 15 is 0 Å². The molecule has 0 bridgehead atoms. The highest BCUT2D eigenvalue weighted by molar-refractivity contribution is 6.42. The van der Waals surface area contributed by atoms with Crippen molar-refractivity contribution in [2.75, 3.05) is 6.61 Å². The van der Waals surface area contributed by atoms with Crippen LogP contribution in [0.15, 0.2) is 36.4 Å². The van der Waals surface area contributed by atoms with Crippen LogP contribution in [0.4, 0.5) is 13.2 Å². The van der Waals surface area contributed by atoms with Gasteiger partial charge in [-0.15, -0.1) is 0 Å². The first-order valence-electron chi connectivity index (χ1n) is 7.37. The molecule has 0 unspecified atom stereocenters. The summed E-state index contributed by atoms with van der Waals surface area (Å²) in [5.41, 5.74) is 1.46. The Labute approximate surface area is 151 Å². The summed E-state index contributed by atoms with van der Waals surface area (Å²) in [5.74, 6) is -0.419. The van der Waals surface area contributed by atoms with Crippen molar-refractivity contribution in [1.82, 2.24) is 9.55 Å².